The third-order valence-corrected chi connectivity index (χ3v) is 6.70. The fraction of sp³-hybridized carbons (Fsp3) is 0.185. The Morgan fingerprint density at radius 2 is 1.03 bits per heavy atom. The molecule has 0 amide bonds. The van der Waals surface area contributed by atoms with Crippen LogP contribution in [0.15, 0.2) is 84.9 Å². The van der Waals surface area contributed by atoms with E-state index in [1.165, 1.54) is 0 Å². The van der Waals surface area contributed by atoms with Gasteiger partial charge in [-0.2, -0.15) is 0 Å². The van der Waals surface area contributed by atoms with Crippen LogP contribution in [-0.2, 0) is 4.74 Å². The Bertz CT molecular complexity index is 1380. The van der Waals surface area contributed by atoms with Crippen molar-refractivity contribution in [1.82, 2.24) is 34.4 Å². The van der Waals surface area contributed by atoms with Gasteiger partial charge in [0.15, 0.2) is 23.3 Å². The Balaban J connectivity index is 1.54. The first kappa shape index (κ1) is 20.3. The first-order valence-corrected chi connectivity index (χ1v) is 11.8. The van der Waals surface area contributed by atoms with E-state index in [0.717, 1.165) is 58.9 Å². The molecule has 35 heavy (non-hydrogen) atoms. The van der Waals surface area contributed by atoms with Crippen LogP contribution in [0.1, 0.15) is 17.7 Å². The van der Waals surface area contributed by atoms with Crippen LogP contribution in [0.2, 0.25) is 0 Å². The first-order chi connectivity index (χ1) is 17.4. The molecule has 0 saturated carbocycles. The smallest absolute Gasteiger partial charge is 0.168 e. The number of aromatic nitrogens is 6. The lowest BCUT2D eigenvalue weighted by Gasteiger charge is -2.32. The van der Waals surface area contributed by atoms with Crippen molar-refractivity contribution in [3.63, 3.8) is 0 Å². The van der Waals surface area contributed by atoms with Gasteiger partial charge in [-0.25, -0.2) is 0 Å². The number of fused-ring (bicyclic) bond motifs is 5. The minimum atomic E-state index is -0.221. The largest absolute Gasteiger partial charge is 0.379 e. The fourth-order valence-electron chi connectivity index (χ4n) is 5.09. The molecule has 2 aliphatic heterocycles. The van der Waals surface area contributed by atoms with Crippen molar-refractivity contribution in [2.45, 2.75) is 6.04 Å². The standard InChI is InChI=1S/C27H23N7O/c1-3-9-19(10-4-1)24-28-30-26-23(32-15-17-35-18-16-32)27-31-29-25(20-11-5-2-6-12-20)34(27)22-14-8-7-13-21(22)33(24)26/h1-14,23H,15-18H2. The molecule has 2 aliphatic rings. The van der Waals surface area contributed by atoms with Gasteiger partial charge < -0.3 is 4.74 Å². The molecule has 4 heterocycles. The van der Waals surface area contributed by atoms with Crippen LogP contribution in [0, 0.1) is 0 Å². The highest BCUT2D eigenvalue weighted by Crippen LogP contribution is 2.40. The maximum atomic E-state index is 5.68. The molecule has 0 bridgehead atoms. The van der Waals surface area contributed by atoms with Crippen molar-refractivity contribution >= 4 is 0 Å². The van der Waals surface area contributed by atoms with Crippen LogP contribution < -0.4 is 0 Å². The van der Waals surface area contributed by atoms with Gasteiger partial charge in [0, 0.05) is 24.2 Å². The van der Waals surface area contributed by atoms with E-state index in [2.05, 4.69) is 72.8 Å². The van der Waals surface area contributed by atoms with Gasteiger partial charge in [-0.3, -0.25) is 14.0 Å². The normalized spacial score (nSPS) is 15.8. The quantitative estimate of drug-likeness (QED) is 0.406. The minimum Gasteiger partial charge on any atom is -0.379 e. The molecule has 8 heteroatoms. The van der Waals surface area contributed by atoms with E-state index in [-0.39, 0.29) is 6.04 Å². The van der Waals surface area contributed by atoms with Crippen molar-refractivity contribution in [1.29, 1.82) is 0 Å². The zero-order valence-electron chi connectivity index (χ0n) is 19.0. The number of para-hydroxylation sites is 2. The Morgan fingerprint density at radius 3 is 1.51 bits per heavy atom. The highest BCUT2D eigenvalue weighted by molar-refractivity contribution is 5.68. The maximum Gasteiger partial charge on any atom is 0.168 e. The summed E-state index contributed by atoms with van der Waals surface area (Å²) in [6.07, 6.45) is 0. The number of hydrogen-bond donors (Lipinski definition) is 0. The molecule has 172 valence electrons. The number of hydrogen-bond acceptors (Lipinski definition) is 6. The van der Waals surface area contributed by atoms with Gasteiger partial charge in [0.25, 0.3) is 0 Å². The lowest BCUT2D eigenvalue weighted by Crippen LogP contribution is -2.41. The summed E-state index contributed by atoms with van der Waals surface area (Å²) >= 11 is 0. The molecule has 0 unspecified atom stereocenters. The number of ether oxygens (including phenoxy) is 1. The molecule has 0 N–H and O–H groups in total. The van der Waals surface area contributed by atoms with Crippen LogP contribution in [0.4, 0.5) is 0 Å². The van der Waals surface area contributed by atoms with E-state index in [9.17, 15) is 0 Å². The zero-order chi connectivity index (χ0) is 23.2. The third-order valence-electron chi connectivity index (χ3n) is 6.70. The molecular weight excluding hydrogens is 438 g/mol. The van der Waals surface area contributed by atoms with Crippen LogP contribution in [0.3, 0.4) is 0 Å². The number of morpholine rings is 1. The van der Waals surface area contributed by atoms with Crippen molar-refractivity contribution in [3.05, 3.63) is 96.6 Å². The average molecular weight is 462 g/mol. The number of benzene rings is 3. The van der Waals surface area contributed by atoms with E-state index < -0.39 is 0 Å². The summed E-state index contributed by atoms with van der Waals surface area (Å²) in [7, 11) is 0. The predicted octanol–water partition coefficient (Wildman–Crippen LogP) is 3.92. The van der Waals surface area contributed by atoms with Gasteiger partial charge >= 0.3 is 0 Å². The molecule has 0 spiro atoms. The summed E-state index contributed by atoms with van der Waals surface area (Å²) in [6, 6.07) is 28.6. The SMILES string of the molecule is c1ccc(-c2nnc3n2-c2ccccc2-n2c(-c4ccccc4)nnc2C3N2CCOCC2)cc1. The van der Waals surface area contributed by atoms with Gasteiger partial charge in [0.2, 0.25) is 0 Å². The molecule has 7 rings (SSSR count). The molecular formula is C27H23N7O. The summed E-state index contributed by atoms with van der Waals surface area (Å²) in [5.74, 6) is 3.30. The topological polar surface area (TPSA) is 73.9 Å². The number of nitrogens with zero attached hydrogens (tertiary/aromatic N) is 7. The number of rotatable bonds is 3. The van der Waals surface area contributed by atoms with Gasteiger partial charge in [0.1, 0.15) is 6.04 Å². The van der Waals surface area contributed by atoms with Crippen molar-refractivity contribution < 1.29 is 4.74 Å². The first-order valence-electron chi connectivity index (χ1n) is 11.8. The molecule has 1 saturated heterocycles. The Kier molecular flexibility index (Phi) is 4.78. The summed E-state index contributed by atoms with van der Waals surface area (Å²) < 4.78 is 10.1. The molecule has 2 aromatic heterocycles. The van der Waals surface area contributed by atoms with Crippen LogP contribution in [0.5, 0.6) is 0 Å². The second kappa shape index (κ2) is 8.26. The Morgan fingerprint density at radius 1 is 0.571 bits per heavy atom. The van der Waals surface area contributed by atoms with Crippen LogP contribution in [0.25, 0.3) is 34.2 Å². The van der Waals surface area contributed by atoms with Gasteiger partial charge in [0.05, 0.1) is 24.6 Å². The van der Waals surface area contributed by atoms with Crippen molar-refractivity contribution in [2.24, 2.45) is 0 Å². The second-order valence-electron chi connectivity index (χ2n) is 8.71. The van der Waals surface area contributed by atoms with Gasteiger partial charge in [-0.15, -0.1) is 20.4 Å². The molecule has 5 aromatic rings. The van der Waals surface area contributed by atoms with Crippen LogP contribution in [-0.4, -0.2) is 60.7 Å². The predicted molar refractivity (Wildman–Crippen MR) is 131 cm³/mol. The summed E-state index contributed by atoms with van der Waals surface area (Å²) in [5.41, 5.74) is 4.03. The highest BCUT2D eigenvalue weighted by Gasteiger charge is 2.38. The summed E-state index contributed by atoms with van der Waals surface area (Å²) in [5, 5.41) is 18.9. The van der Waals surface area contributed by atoms with E-state index in [4.69, 9.17) is 14.9 Å². The van der Waals surface area contributed by atoms with Gasteiger partial charge in [-0.1, -0.05) is 72.8 Å². The molecule has 0 atom stereocenters. The Hall–Kier alpha value is -4.14. The maximum absolute atomic E-state index is 5.68. The molecule has 8 nitrogen and oxygen atoms in total. The molecule has 1 fully saturated rings. The average Bonchev–Trinajstić information content (AvgIpc) is 3.54. The minimum absolute atomic E-state index is 0.221. The molecule has 0 radical (unpaired) electrons. The second-order valence-corrected chi connectivity index (χ2v) is 8.71. The summed E-state index contributed by atoms with van der Waals surface area (Å²) in [6.45, 7) is 2.90. The fourth-order valence-corrected chi connectivity index (χ4v) is 5.09. The van der Waals surface area contributed by atoms with Gasteiger partial charge in [-0.05, 0) is 12.1 Å². The highest BCUT2D eigenvalue weighted by atomic mass is 16.5. The molecule has 3 aromatic carbocycles. The lowest BCUT2D eigenvalue weighted by atomic mass is 10.1. The van der Waals surface area contributed by atoms with E-state index >= 15 is 0 Å². The third kappa shape index (κ3) is 3.22. The summed E-state index contributed by atoms with van der Waals surface area (Å²) in [4.78, 5) is 2.37. The Labute approximate surface area is 202 Å². The van der Waals surface area contributed by atoms with Crippen molar-refractivity contribution in [2.75, 3.05) is 26.3 Å². The van der Waals surface area contributed by atoms with Crippen molar-refractivity contribution in [3.8, 4) is 34.2 Å². The molecule has 0 aliphatic carbocycles. The van der Waals surface area contributed by atoms with E-state index in [0.29, 0.717) is 13.2 Å². The lowest BCUT2D eigenvalue weighted by molar-refractivity contribution is 0.0204. The van der Waals surface area contributed by atoms with E-state index in [1.807, 2.05) is 36.4 Å². The van der Waals surface area contributed by atoms with E-state index in [1.54, 1.807) is 0 Å². The zero-order valence-corrected chi connectivity index (χ0v) is 19.0. The van der Waals surface area contributed by atoms with Crippen LogP contribution >= 0.6 is 0 Å². The monoisotopic (exact) mass is 461 g/mol.